The maximum absolute atomic E-state index is 12.6. The van der Waals surface area contributed by atoms with E-state index in [9.17, 15) is 19.8 Å². The van der Waals surface area contributed by atoms with Crippen molar-refractivity contribution in [2.24, 2.45) is 4.99 Å². The highest BCUT2D eigenvalue weighted by molar-refractivity contribution is 6.31. The third-order valence-corrected chi connectivity index (χ3v) is 6.62. The van der Waals surface area contributed by atoms with Crippen LogP contribution in [0.1, 0.15) is 29.5 Å². The van der Waals surface area contributed by atoms with Gasteiger partial charge in [0, 0.05) is 35.1 Å². The number of aromatic nitrogens is 1. The van der Waals surface area contributed by atoms with Gasteiger partial charge in [0.1, 0.15) is 0 Å². The summed E-state index contributed by atoms with van der Waals surface area (Å²) in [6.07, 6.45) is 1.09. The molecule has 0 aliphatic carbocycles. The van der Waals surface area contributed by atoms with Crippen molar-refractivity contribution in [2.45, 2.75) is 19.3 Å². The molecule has 0 atom stereocenters. The molecule has 1 amide bonds. The summed E-state index contributed by atoms with van der Waals surface area (Å²) in [7, 11) is 5.72. The van der Waals surface area contributed by atoms with E-state index in [4.69, 9.17) is 16.6 Å². The van der Waals surface area contributed by atoms with Crippen LogP contribution in [0.5, 0.6) is 5.88 Å². The first-order chi connectivity index (χ1) is 18.6. The summed E-state index contributed by atoms with van der Waals surface area (Å²) >= 11 is 6.16. The Balaban J connectivity index is 1.73. The van der Waals surface area contributed by atoms with E-state index in [2.05, 4.69) is 9.88 Å². The van der Waals surface area contributed by atoms with Crippen molar-refractivity contribution in [3.05, 3.63) is 88.4 Å². The SMILES string of the molecule is CN(C)CCCC(=O)N(C)c1ccc(N=C(c2cccc(CC(=O)O)c2)c2c(O)[nH]c3cc(Cl)ccc23)cc1. The number of nitrogens with zero attached hydrogens (tertiary/aromatic N) is 3. The number of benzene rings is 3. The number of aromatic hydroxyl groups is 1. The van der Waals surface area contributed by atoms with E-state index in [1.54, 1.807) is 48.3 Å². The largest absolute Gasteiger partial charge is 0.494 e. The minimum Gasteiger partial charge on any atom is -0.494 e. The Kier molecular flexibility index (Phi) is 8.69. The average Bonchev–Trinajstić information content (AvgIpc) is 3.21. The van der Waals surface area contributed by atoms with E-state index in [1.807, 2.05) is 44.4 Å². The Morgan fingerprint density at radius 1 is 1.00 bits per heavy atom. The predicted octanol–water partition coefficient (Wildman–Crippen LogP) is 5.63. The number of amides is 1. The standard InChI is InChI=1S/C30H31ClN4O4/c1-34(2)15-5-8-26(36)35(3)23-12-10-22(11-13-23)32-29(20-7-4-6-19(16-20)17-27(37)38)28-24-14-9-21(31)18-25(24)33-30(28)39/h4,6-7,9-14,16,18,33,39H,5,8,15,17H2,1-3H3,(H,37,38). The summed E-state index contributed by atoms with van der Waals surface area (Å²) in [4.78, 5) is 35.5. The van der Waals surface area contributed by atoms with Gasteiger partial charge in [-0.2, -0.15) is 0 Å². The van der Waals surface area contributed by atoms with E-state index >= 15 is 0 Å². The van der Waals surface area contributed by atoms with Crippen LogP contribution < -0.4 is 4.90 Å². The number of carbonyl (C=O) groups excluding carboxylic acids is 1. The lowest BCUT2D eigenvalue weighted by atomic mass is 9.98. The van der Waals surface area contributed by atoms with Gasteiger partial charge in [-0.3, -0.25) is 9.59 Å². The van der Waals surface area contributed by atoms with Crippen LogP contribution in [0, 0.1) is 0 Å². The molecule has 0 fully saturated rings. The summed E-state index contributed by atoms with van der Waals surface area (Å²) < 4.78 is 0. The molecule has 0 saturated heterocycles. The molecule has 0 unspecified atom stereocenters. The molecule has 8 nitrogen and oxygen atoms in total. The summed E-state index contributed by atoms with van der Waals surface area (Å²) in [5, 5.41) is 21.4. The van der Waals surface area contributed by atoms with Crippen LogP contribution in [0.3, 0.4) is 0 Å². The van der Waals surface area contributed by atoms with Gasteiger partial charge in [-0.1, -0.05) is 35.9 Å². The maximum atomic E-state index is 12.6. The molecule has 202 valence electrons. The number of hydrogen-bond donors (Lipinski definition) is 3. The highest BCUT2D eigenvalue weighted by atomic mass is 35.5. The van der Waals surface area contributed by atoms with Crippen LogP contribution in [0.2, 0.25) is 5.02 Å². The van der Waals surface area contributed by atoms with Crippen LogP contribution in [0.25, 0.3) is 10.9 Å². The second-order valence-electron chi connectivity index (χ2n) is 9.65. The lowest BCUT2D eigenvalue weighted by Crippen LogP contribution is -2.27. The molecule has 0 bridgehead atoms. The van der Waals surface area contributed by atoms with Gasteiger partial charge >= 0.3 is 5.97 Å². The third kappa shape index (κ3) is 6.85. The molecule has 3 N–H and O–H groups in total. The van der Waals surface area contributed by atoms with Crippen molar-refractivity contribution < 1.29 is 19.8 Å². The number of fused-ring (bicyclic) bond motifs is 1. The van der Waals surface area contributed by atoms with Crippen molar-refractivity contribution in [2.75, 3.05) is 32.6 Å². The number of halogens is 1. The highest BCUT2D eigenvalue weighted by Gasteiger charge is 2.20. The fourth-order valence-corrected chi connectivity index (χ4v) is 4.57. The first-order valence-corrected chi connectivity index (χ1v) is 12.9. The number of aliphatic imine (C=N–C) groups is 1. The second kappa shape index (κ2) is 12.1. The molecule has 0 aliphatic rings. The second-order valence-corrected chi connectivity index (χ2v) is 10.1. The van der Waals surface area contributed by atoms with Crippen LogP contribution in [-0.2, 0) is 16.0 Å². The van der Waals surface area contributed by atoms with Crippen LogP contribution in [-0.4, -0.2) is 65.4 Å². The van der Waals surface area contributed by atoms with Crippen molar-refractivity contribution in [1.82, 2.24) is 9.88 Å². The fourth-order valence-electron chi connectivity index (χ4n) is 4.40. The average molecular weight is 547 g/mol. The quantitative estimate of drug-likeness (QED) is 0.223. The molecular formula is C30H31ClN4O4. The zero-order chi connectivity index (χ0) is 28.1. The molecule has 3 aromatic carbocycles. The number of rotatable bonds is 10. The number of aliphatic carboxylic acids is 1. The first-order valence-electron chi connectivity index (χ1n) is 12.5. The van der Waals surface area contributed by atoms with E-state index in [-0.39, 0.29) is 18.2 Å². The Morgan fingerprint density at radius 3 is 2.44 bits per heavy atom. The zero-order valence-electron chi connectivity index (χ0n) is 22.1. The highest BCUT2D eigenvalue weighted by Crippen LogP contribution is 2.33. The van der Waals surface area contributed by atoms with E-state index in [1.165, 1.54) is 0 Å². The number of anilines is 1. The Morgan fingerprint density at radius 2 is 1.74 bits per heavy atom. The lowest BCUT2D eigenvalue weighted by molar-refractivity contribution is -0.136. The van der Waals surface area contributed by atoms with E-state index in [0.29, 0.717) is 45.0 Å². The maximum Gasteiger partial charge on any atom is 0.307 e. The van der Waals surface area contributed by atoms with Crippen molar-refractivity contribution >= 4 is 51.5 Å². The third-order valence-electron chi connectivity index (χ3n) is 6.38. The van der Waals surface area contributed by atoms with Crippen molar-refractivity contribution in [3.63, 3.8) is 0 Å². The Hall–Kier alpha value is -4.14. The Labute approximate surface area is 232 Å². The van der Waals surface area contributed by atoms with Gasteiger partial charge in [0.2, 0.25) is 5.91 Å². The molecule has 1 heterocycles. The van der Waals surface area contributed by atoms with Crippen LogP contribution >= 0.6 is 11.6 Å². The molecule has 39 heavy (non-hydrogen) atoms. The van der Waals surface area contributed by atoms with Gasteiger partial charge in [0.15, 0.2) is 5.88 Å². The number of nitrogens with one attached hydrogen (secondary N) is 1. The zero-order valence-corrected chi connectivity index (χ0v) is 22.9. The minimum atomic E-state index is -0.939. The summed E-state index contributed by atoms with van der Waals surface area (Å²) in [6, 6.07) is 19.6. The van der Waals surface area contributed by atoms with E-state index < -0.39 is 5.97 Å². The van der Waals surface area contributed by atoms with Crippen molar-refractivity contribution in [1.29, 1.82) is 0 Å². The number of carboxylic acid groups (broad SMARTS) is 1. The molecule has 0 aliphatic heterocycles. The van der Waals surface area contributed by atoms with Gasteiger partial charge in [-0.05, 0) is 75.1 Å². The monoisotopic (exact) mass is 546 g/mol. The first kappa shape index (κ1) is 27.9. The molecule has 0 spiro atoms. The minimum absolute atomic E-state index is 0.0337. The summed E-state index contributed by atoms with van der Waals surface area (Å²) in [6.45, 7) is 0.844. The van der Waals surface area contributed by atoms with Crippen LogP contribution in [0.4, 0.5) is 11.4 Å². The van der Waals surface area contributed by atoms with Gasteiger partial charge in [-0.15, -0.1) is 0 Å². The number of H-pyrrole nitrogens is 1. The molecule has 4 aromatic rings. The number of aromatic amines is 1. The smallest absolute Gasteiger partial charge is 0.307 e. The van der Waals surface area contributed by atoms with Gasteiger partial charge in [0.05, 0.1) is 28.9 Å². The summed E-state index contributed by atoms with van der Waals surface area (Å²) in [5.41, 5.74) is 4.21. The van der Waals surface area contributed by atoms with Gasteiger partial charge < -0.3 is 25.0 Å². The summed E-state index contributed by atoms with van der Waals surface area (Å²) in [5.74, 6) is -0.980. The molecule has 9 heteroatoms. The topological polar surface area (TPSA) is 109 Å². The van der Waals surface area contributed by atoms with Crippen LogP contribution in [0.15, 0.2) is 71.7 Å². The molecular weight excluding hydrogens is 516 g/mol. The number of carbonyl (C=O) groups is 2. The number of carboxylic acids is 1. The Bertz CT molecular complexity index is 1530. The predicted molar refractivity (Wildman–Crippen MR) is 156 cm³/mol. The fraction of sp³-hybridized carbons (Fsp3) is 0.233. The molecule has 0 radical (unpaired) electrons. The lowest BCUT2D eigenvalue weighted by Gasteiger charge is -2.18. The number of hydrogen-bond acceptors (Lipinski definition) is 5. The van der Waals surface area contributed by atoms with E-state index in [0.717, 1.165) is 24.0 Å². The van der Waals surface area contributed by atoms with Gasteiger partial charge in [0.25, 0.3) is 0 Å². The molecule has 1 aromatic heterocycles. The van der Waals surface area contributed by atoms with Crippen molar-refractivity contribution in [3.8, 4) is 5.88 Å². The normalized spacial score (nSPS) is 11.8. The molecule has 4 rings (SSSR count). The van der Waals surface area contributed by atoms with Gasteiger partial charge in [-0.25, -0.2) is 4.99 Å². The molecule has 0 saturated carbocycles.